The van der Waals surface area contributed by atoms with Gasteiger partial charge in [-0.25, -0.2) is 0 Å². The van der Waals surface area contributed by atoms with Gasteiger partial charge in [0.15, 0.2) is 0 Å². The first-order valence-electron chi connectivity index (χ1n) is 7.71. The molecule has 21 heavy (non-hydrogen) atoms. The van der Waals surface area contributed by atoms with Gasteiger partial charge in [-0.05, 0) is 11.8 Å². The van der Waals surface area contributed by atoms with E-state index >= 15 is 0 Å². The fourth-order valence-corrected chi connectivity index (χ4v) is 1.97. The summed E-state index contributed by atoms with van der Waals surface area (Å²) in [5.74, 6) is 0.295. The number of rotatable bonds is 7. The summed E-state index contributed by atoms with van der Waals surface area (Å²) in [6, 6.07) is 0. The van der Waals surface area contributed by atoms with E-state index in [4.69, 9.17) is 0 Å². The molecule has 0 radical (unpaired) electrons. The first-order chi connectivity index (χ1) is 9.58. The van der Waals surface area contributed by atoms with Crippen LogP contribution in [0.3, 0.4) is 0 Å². The van der Waals surface area contributed by atoms with E-state index in [1.807, 2.05) is 31.6 Å². The van der Waals surface area contributed by atoms with Gasteiger partial charge in [0.05, 0.1) is 12.2 Å². The second-order valence-corrected chi connectivity index (χ2v) is 7.88. The molecule has 0 atom stereocenters. The van der Waals surface area contributed by atoms with E-state index < -0.39 is 0 Å². The van der Waals surface area contributed by atoms with Crippen LogP contribution in [0.4, 0.5) is 0 Å². The van der Waals surface area contributed by atoms with Crippen LogP contribution in [0, 0.1) is 10.8 Å². The van der Waals surface area contributed by atoms with Crippen LogP contribution in [0.15, 0.2) is 6.20 Å². The van der Waals surface area contributed by atoms with E-state index in [0.29, 0.717) is 12.2 Å². The van der Waals surface area contributed by atoms with Crippen LogP contribution < -0.4 is 5.32 Å². The van der Waals surface area contributed by atoms with Crippen molar-refractivity contribution in [1.29, 1.82) is 0 Å². The SMILES string of the molecule is CC(C)(C)Cc1cn(CCNCCC(=O)C(C)(C)C)nn1. The quantitative estimate of drug-likeness (QED) is 0.785. The summed E-state index contributed by atoms with van der Waals surface area (Å²) >= 11 is 0. The molecule has 0 amide bonds. The van der Waals surface area contributed by atoms with Crippen LogP contribution in [-0.4, -0.2) is 33.9 Å². The minimum atomic E-state index is -0.241. The van der Waals surface area contributed by atoms with Crippen molar-refractivity contribution in [2.45, 2.75) is 60.9 Å². The van der Waals surface area contributed by atoms with Crippen LogP contribution in [0.2, 0.25) is 0 Å². The largest absolute Gasteiger partial charge is 0.314 e. The molecule has 0 aromatic carbocycles. The molecule has 5 heteroatoms. The van der Waals surface area contributed by atoms with Gasteiger partial charge in [0.1, 0.15) is 5.78 Å². The average Bonchev–Trinajstić information content (AvgIpc) is 2.72. The van der Waals surface area contributed by atoms with Crippen molar-refractivity contribution in [3.8, 4) is 0 Å². The van der Waals surface area contributed by atoms with Gasteiger partial charge in [0.25, 0.3) is 0 Å². The Labute approximate surface area is 128 Å². The molecule has 0 fully saturated rings. The van der Waals surface area contributed by atoms with Crippen molar-refractivity contribution in [1.82, 2.24) is 20.3 Å². The second kappa shape index (κ2) is 7.16. The smallest absolute Gasteiger partial charge is 0.139 e. The molecule has 0 spiro atoms. The molecule has 1 aromatic rings. The van der Waals surface area contributed by atoms with Gasteiger partial charge in [-0.2, -0.15) is 0 Å². The molecule has 0 aliphatic rings. The van der Waals surface area contributed by atoms with E-state index in [1.165, 1.54) is 0 Å². The fourth-order valence-electron chi connectivity index (χ4n) is 1.97. The van der Waals surface area contributed by atoms with E-state index in [9.17, 15) is 4.79 Å². The number of aromatic nitrogens is 3. The highest BCUT2D eigenvalue weighted by Gasteiger charge is 2.19. The molecule has 0 saturated carbocycles. The summed E-state index contributed by atoms with van der Waals surface area (Å²) in [6.45, 7) is 14.8. The Morgan fingerprint density at radius 3 is 2.43 bits per heavy atom. The van der Waals surface area contributed by atoms with Gasteiger partial charge in [-0.3, -0.25) is 9.48 Å². The summed E-state index contributed by atoms with van der Waals surface area (Å²) in [5, 5.41) is 11.6. The zero-order valence-electron chi connectivity index (χ0n) is 14.4. The molecule has 1 aromatic heterocycles. The predicted molar refractivity (Wildman–Crippen MR) is 85.1 cm³/mol. The Hall–Kier alpha value is -1.23. The number of ketones is 1. The third kappa shape index (κ3) is 7.37. The third-order valence-corrected chi connectivity index (χ3v) is 3.18. The van der Waals surface area contributed by atoms with E-state index in [2.05, 4.69) is 36.4 Å². The van der Waals surface area contributed by atoms with Crippen LogP contribution in [0.1, 0.15) is 53.7 Å². The number of Topliss-reactive ketones (excluding diaryl/α,β-unsaturated/α-hetero) is 1. The average molecular weight is 294 g/mol. The standard InChI is InChI=1S/C16H30N4O/c1-15(2,3)11-13-12-20(19-18-13)10-9-17-8-7-14(21)16(4,5)6/h12,17H,7-11H2,1-6H3. The van der Waals surface area contributed by atoms with E-state index in [0.717, 1.165) is 31.7 Å². The van der Waals surface area contributed by atoms with Crippen molar-refractivity contribution in [3.05, 3.63) is 11.9 Å². The van der Waals surface area contributed by atoms with Gasteiger partial charge in [0, 0.05) is 31.1 Å². The number of carbonyl (C=O) groups excluding carboxylic acids is 1. The Bertz CT molecular complexity index is 452. The summed E-state index contributed by atoms with van der Waals surface area (Å²) < 4.78 is 1.86. The van der Waals surface area contributed by atoms with Crippen LogP contribution in [0.5, 0.6) is 0 Å². The highest BCUT2D eigenvalue weighted by atomic mass is 16.1. The summed E-state index contributed by atoms with van der Waals surface area (Å²) in [7, 11) is 0. The first kappa shape index (κ1) is 17.8. The summed E-state index contributed by atoms with van der Waals surface area (Å²) in [6.07, 6.45) is 3.52. The van der Waals surface area contributed by atoms with Gasteiger partial charge >= 0.3 is 0 Å². The lowest BCUT2D eigenvalue weighted by Gasteiger charge is -2.16. The van der Waals surface area contributed by atoms with Crippen LogP contribution in [0.25, 0.3) is 0 Å². The molecule has 0 unspecified atom stereocenters. The van der Waals surface area contributed by atoms with Crippen molar-refractivity contribution in [2.24, 2.45) is 10.8 Å². The van der Waals surface area contributed by atoms with Gasteiger partial charge in [0.2, 0.25) is 0 Å². The molecule has 1 rings (SSSR count). The maximum absolute atomic E-state index is 11.8. The number of hydrogen-bond donors (Lipinski definition) is 1. The Balaban J connectivity index is 2.23. The monoisotopic (exact) mass is 294 g/mol. The Kier molecular flexibility index (Phi) is 6.08. The summed E-state index contributed by atoms with van der Waals surface area (Å²) in [5.41, 5.74) is 1.02. The van der Waals surface area contributed by atoms with Gasteiger partial charge in [-0.1, -0.05) is 46.8 Å². The molecule has 0 bridgehead atoms. The lowest BCUT2D eigenvalue weighted by molar-refractivity contribution is -0.126. The maximum atomic E-state index is 11.8. The topological polar surface area (TPSA) is 59.8 Å². The zero-order valence-corrected chi connectivity index (χ0v) is 14.4. The highest BCUT2D eigenvalue weighted by Crippen LogP contribution is 2.18. The second-order valence-electron chi connectivity index (χ2n) is 7.88. The van der Waals surface area contributed by atoms with E-state index in [1.54, 1.807) is 0 Å². The van der Waals surface area contributed by atoms with Gasteiger partial charge in [-0.15, -0.1) is 5.10 Å². The minimum Gasteiger partial charge on any atom is -0.314 e. The van der Waals surface area contributed by atoms with Crippen molar-refractivity contribution >= 4 is 5.78 Å². The molecular formula is C16H30N4O. The number of nitrogens with zero attached hydrogens (tertiary/aromatic N) is 3. The van der Waals surface area contributed by atoms with Crippen molar-refractivity contribution in [2.75, 3.05) is 13.1 Å². The zero-order chi connectivity index (χ0) is 16.1. The minimum absolute atomic E-state index is 0.229. The Morgan fingerprint density at radius 1 is 1.19 bits per heavy atom. The van der Waals surface area contributed by atoms with Crippen molar-refractivity contribution < 1.29 is 4.79 Å². The molecule has 1 N–H and O–H groups in total. The van der Waals surface area contributed by atoms with Crippen molar-refractivity contribution in [3.63, 3.8) is 0 Å². The van der Waals surface area contributed by atoms with Gasteiger partial charge < -0.3 is 5.32 Å². The molecule has 1 heterocycles. The molecule has 120 valence electrons. The third-order valence-electron chi connectivity index (χ3n) is 3.18. The maximum Gasteiger partial charge on any atom is 0.139 e. The summed E-state index contributed by atoms with van der Waals surface area (Å²) in [4.78, 5) is 11.8. The number of nitrogens with one attached hydrogen (secondary N) is 1. The first-order valence-corrected chi connectivity index (χ1v) is 7.71. The molecule has 5 nitrogen and oxygen atoms in total. The highest BCUT2D eigenvalue weighted by molar-refractivity contribution is 5.83. The normalized spacial score (nSPS) is 12.7. The van der Waals surface area contributed by atoms with E-state index in [-0.39, 0.29) is 10.8 Å². The molecular weight excluding hydrogens is 264 g/mol. The lowest BCUT2D eigenvalue weighted by Crippen LogP contribution is -2.27. The van der Waals surface area contributed by atoms with Crippen LogP contribution >= 0.6 is 0 Å². The molecule has 0 aliphatic carbocycles. The fraction of sp³-hybridized carbons (Fsp3) is 0.812. The van der Waals surface area contributed by atoms with Crippen LogP contribution in [-0.2, 0) is 17.8 Å². The number of hydrogen-bond acceptors (Lipinski definition) is 4. The molecule has 0 aliphatic heterocycles. The Morgan fingerprint density at radius 2 is 1.86 bits per heavy atom. The molecule has 0 saturated heterocycles. The predicted octanol–water partition coefficient (Wildman–Crippen LogP) is 2.46. The number of carbonyl (C=O) groups is 1. The lowest BCUT2D eigenvalue weighted by atomic mass is 9.89.